The van der Waals surface area contributed by atoms with Crippen LogP contribution in [0.3, 0.4) is 0 Å². The van der Waals surface area contributed by atoms with Crippen molar-refractivity contribution in [2.24, 2.45) is 5.92 Å². The van der Waals surface area contributed by atoms with Crippen LogP contribution >= 0.6 is 0 Å². The largest absolute Gasteiger partial charge is 0.300 e. The highest BCUT2D eigenvalue weighted by atomic mass is 16.1. The molecule has 1 saturated carbocycles. The molecule has 2 rings (SSSR count). The first kappa shape index (κ1) is 12.0. The number of carbonyl (C=O) groups excluding carboxylic acids is 2. The summed E-state index contributed by atoms with van der Waals surface area (Å²) in [6.45, 7) is 3.94. The summed E-state index contributed by atoms with van der Waals surface area (Å²) in [5.74, 6) is 0.302. The van der Waals surface area contributed by atoms with Gasteiger partial charge in [-0.25, -0.2) is 0 Å². The van der Waals surface area contributed by atoms with Crippen molar-refractivity contribution < 1.29 is 9.59 Å². The zero-order chi connectivity index (χ0) is 12.4. The topological polar surface area (TPSA) is 34.1 Å². The third kappa shape index (κ3) is 2.63. The fraction of sp³-hybridized carbons (Fsp3) is 0.467. The molecule has 1 aromatic rings. The Morgan fingerprint density at radius 3 is 2.76 bits per heavy atom. The van der Waals surface area contributed by atoms with Crippen molar-refractivity contribution in [3.63, 3.8) is 0 Å². The normalized spacial score (nSPS) is 20.4. The Kier molecular flexibility index (Phi) is 3.41. The van der Waals surface area contributed by atoms with Gasteiger partial charge in [-0.15, -0.1) is 0 Å². The van der Waals surface area contributed by atoms with Crippen LogP contribution in [0.4, 0.5) is 0 Å². The third-order valence-corrected chi connectivity index (χ3v) is 3.51. The van der Waals surface area contributed by atoms with Crippen molar-refractivity contribution in [1.29, 1.82) is 0 Å². The molecule has 1 atom stereocenters. The number of aryl methyl sites for hydroxylation is 2. The van der Waals surface area contributed by atoms with E-state index in [1.165, 1.54) is 0 Å². The van der Waals surface area contributed by atoms with Crippen LogP contribution in [0, 0.1) is 19.8 Å². The van der Waals surface area contributed by atoms with E-state index in [0.717, 1.165) is 29.5 Å². The van der Waals surface area contributed by atoms with E-state index in [2.05, 4.69) is 0 Å². The lowest BCUT2D eigenvalue weighted by molar-refractivity contribution is -0.121. The summed E-state index contributed by atoms with van der Waals surface area (Å²) in [4.78, 5) is 23.8. The van der Waals surface area contributed by atoms with E-state index in [1.54, 1.807) is 0 Å². The lowest BCUT2D eigenvalue weighted by Gasteiger charge is -2.20. The average molecular weight is 230 g/mol. The Bertz CT molecular complexity index is 460. The van der Waals surface area contributed by atoms with Crippen molar-refractivity contribution >= 4 is 11.6 Å². The molecule has 2 heteroatoms. The maximum atomic E-state index is 12.4. The lowest BCUT2D eigenvalue weighted by Crippen LogP contribution is -2.23. The molecule has 0 N–H and O–H groups in total. The standard InChI is InChI=1S/C15H18O2/c1-10-6-7-11(2)14(8-10)15(17)12-4-3-5-13(16)9-12/h6-8,12H,3-5,9H2,1-2H3. The van der Waals surface area contributed by atoms with E-state index in [4.69, 9.17) is 0 Å². The van der Waals surface area contributed by atoms with E-state index >= 15 is 0 Å². The number of hydrogen-bond acceptors (Lipinski definition) is 2. The summed E-state index contributed by atoms with van der Waals surface area (Å²) in [5.41, 5.74) is 2.91. The molecule has 1 aromatic carbocycles. The van der Waals surface area contributed by atoms with Crippen molar-refractivity contribution in [3.05, 3.63) is 34.9 Å². The summed E-state index contributed by atoms with van der Waals surface area (Å²) < 4.78 is 0. The van der Waals surface area contributed by atoms with Crippen molar-refractivity contribution in [2.45, 2.75) is 39.5 Å². The Balaban J connectivity index is 2.24. The average Bonchev–Trinajstić information content (AvgIpc) is 2.31. The zero-order valence-electron chi connectivity index (χ0n) is 10.5. The molecule has 0 radical (unpaired) electrons. The molecule has 1 aliphatic rings. The molecule has 17 heavy (non-hydrogen) atoms. The molecular weight excluding hydrogens is 212 g/mol. The van der Waals surface area contributed by atoms with E-state index in [0.29, 0.717) is 12.8 Å². The fourth-order valence-electron chi connectivity index (χ4n) is 2.47. The molecule has 0 heterocycles. The maximum Gasteiger partial charge on any atom is 0.166 e. The van der Waals surface area contributed by atoms with Crippen LogP contribution in [-0.4, -0.2) is 11.6 Å². The quantitative estimate of drug-likeness (QED) is 0.731. The van der Waals surface area contributed by atoms with Crippen LogP contribution in [0.25, 0.3) is 0 Å². The van der Waals surface area contributed by atoms with Crippen molar-refractivity contribution in [1.82, 2.24) is 0 Å². The van der Waals surface area contributed by atoms with Gasteiger partial charge < -0.3 is 0 Å². The zero-order valence-corrected chi connectivity index (χ0v) is 10.5. The first-order valence-electron chi connectivity index (χ1n) is 6.21. The van der Waals surface area contributed by atoms with Crippen LogP contribution < -0.4 is 0 Å². The number of benzene rings is 1. The van der Waals surface area contributed by atoms with Gasteiger partial charge in [0, 0.05) is 24.3 Å². The van der Waals surface area contributed by atoms with Crippen LogP contribution in [0.5, 0.6) is 0 Å². The predicted molar refractivity (Wildman–Crippen MR) is 67.2 cm³/mol. The van der Waals surface area contributed by atoms with Gasteiger partial charge in [0.1, 0.15) is 5.78 Å². The Hall–Kier alpha value is -1.44. The smallest absolute Gasteiger partial charge is 0.166 e. The molecule has 1 fully saturated rings. The van der Waals surface area contributed by atoms with Gasteiger partial charge in [0.2, 0.25) is 0 Å². The van der Waals surface area contributed by atoms with Gasteiger partial charge in [-0.2, -0.15) is 0 Å². The molecule has 0 aliphatic heterocycles. The summed E-state index contributed by atoms with van der Waals surface area (Å²) in [5, 5.41) is 0. The molecule has 0 aromatic heterocycles. The second-order valence-electron chi connectivity index (χ2n) is 5.01. The maximum absolute atomic E-state index is 12.4. The minimum atomic E-state index is -0.0863. The van der Waals surface area contributed by atoms with E-state index < -0.39 is 0 Å². The number of carbonyl (C=O) groups is 2. The summed E-state index contributed by atoms with van der Waals surface area (Å²) >= 11 is 0. The fourth-order valence-corrected chi connectivity index (χ4v) is 2.47. The van der Waals surface area contributed by atoms with Crippen LogP contribution in [0.1, 0.15) is 47.2 Å². The van der Waals surface area contributed by atoms with Crippen molar-refractivity contribution in [2.75, 3.05) is 0 Å². The number of Topliss-reactive ketones (excluding diaryl/α,β-unsaturated/α-hetero) is 2. The first-order chi connectivity index (χ1) is 8.08. The van der Waals surface area contributed by atoms with Gasteiger partial charge in [-0.3, -0.25) is 9.59 Å². The van der Waals surface area contributed by atoms with Crippen molar-refractivity contribution in [3.8, 4) is 0 Å². The second-order valence-corrected chi connectivity index (χ2v) is 5.01. The van der Waals surface area contributed by atoms with Gasteiger partial charge in [0.05, 0.1) is 0 Å². The first-order valence-corrected chi connectivity index (χ1v) is 6.21. The van der Waals surface area contributed by atoms with Gasteiger partial charge in [0.15, 0.2) is 5.78 Å². The Morgan fingerprint density at radius 1 is 1.29 bits per heavy atom. The Morgan fingerprint density at radius 2 is 2.06 bits per heavy atom. The SMILES string of the molecule is Cc1ccc(C)c(C(=O)C2CCCC(=O)C2)c1. The summed E-state index contributed by atoms with van der Waals surface area (Å²) in [6.07, 6.45) is 2.81. The number of rotatable bonds is 2. The van der Waals surface area contributed by atoms with Gasteiger partial charge in [0.25, 0.3) is 0 Å². The van der Waals surface area contributed by atoms with Crippen LogP contribution in [-0.2, 0) is 4.79 Å². The van der Waals surface area contributed by atoms with E-state index in [9.17, 15) is 9.59 Å². The predicted octanol–water partition coefficient (Wildman–Crippen LogP) is 3.25. The molecule has 1 aliphatic carbocycles. The van der Waals surface area contributed by atoms with Gasteiger partial charge >= 0.3 is 0 Å². The molecule has 0 amide bonds. The van der Waals surface area contributed by atoms with Gasteiger partial charge in [-0.05, 0) is 38.3 Å². The molecule has 0 spiro atoms. The summed E-state index contributed by atoms with van der Waals surface area (Å²) in [7, 11) is 0. The van der Waals surface area contributed by atoms with E-state index in [-0.39, 0.29) is 17.5 Å². The minimum absolute atomic E-state index is 0.0863. The highest BCUT2D eigenvalue weighted by Crippen LogP contribution is 2.26. The molecule has 0 bridgehead atoms. The van der Waals surface area contributed by atoms with E-state index in [1.807, 2.05) is 32.0 Å². The highest BCUT2D eigenvalue weighted by molar-refractivity contribution is 6.01. The highest BCUT2D eigenvalue weighted by Gasteiger charge is 2.27. The van der Waals surface area contributed by atoms with Crippen LogP contribution in [0.15, 0.2) is 18.2 Å². The van der Waals surface area contributed by atoms with Gasteiger partial charge in [-0.1, -0.05) is 17.7 Å². The monoisotopic (exact) mass is 230 g/mol. The molecule has 90 valence electrons. The second kappa shape index (κ2) is 4.82. The summed E-state index contributed by atoms with van der Waals surface area (Å²) in [6, 6.07) is 5.93. The third-order valence-electron chi connectivity index (χ3n) is 3.51. The molecule has 0 saturated heterocycles. The molecule has 1 unspecified atom stereocenters. The lowest BCUT2D eigenvalue weighted by atomic mass is 9.82. The minimum Gasteiger partial charge on any atom is -0.300 e. The number of ketones is 2. The number of hydrogen-bond donors (Lipinski definition) is 0. The molecular formula is C15H18O2. The molecule has 2 nitrogen and oxygen atoms in total. The van der Waals surface area contributed by atoms with Crippen LogP contribution in [0.2, 0.25) is 0 Å². The Labute approximate surface area is 102 Å².